The topological polar surface area (TPSA) is 26.3 Å². The lowest BCUT2D eigenvalue weighted by atomic mass is 9.63. The summed E-state index contributed by atoms with van der Waals surface area (Å²) in [6.45, 7) is 2.29. The van der Waals surface area contributed by atoms with Gasteiger partial charge < -0.3 is 4.74 Å². The second kappa shape index (κ2) is 8.85. The molecule has 2 saturated carbocycles. The fraction of sp³-hybridized carbons (Fsp3) is 0.577. The summed E-state index contributed by atoms with van der Waals surface area (Å²) >= 11 is 0. The monoisotopic (exact) mass is 396 g/mol. The van der Waals surface area contributed by atoms with Gasteiger partial charge in [0.1, 0.15) is 5.82 Å². The van der Waals surface area contributed by atoms with Crippen LogP contribution >= 0.6 is 0 Å². The number of fused-ring (bicyclic) bond motifs is 2. The highest BCUT2D eigenvalue weighted by atomic mass is 19.1. The lowest BCUT2D eigenvalue weighted by Crippen LogP contribution is -2.30. The van der Waals surface area contributed by atoms with Gasteiger partial charge in [0.25, 0.3) is 0 Å². The van der Waals surface area contributed by atoms with E-state index in [0.29, 0.717) is 5.92 Å². The Hall–Kier alpha value is -1.90. The normalized spacial score (nSPS) is 26.9. The first-order valence-electron chi connectivity index (χ1n) is 11.4. The molecule has 0 bridgehead atoms. The molecule has 29 heavy (non-hydrogen) atoms. The van der Waals surface area contributed by atoms with Crippen LogP contribution in [0.1, 0.15) is 86.6 Å². The third-order valence-electron chi connectivity index (χ3n) is 7.51. The van der Waals surface area contributed by atoms with Crippen LogP contribution in [0.3, 0.4) is 0 Å². The van der Waals surface area contributed by atoms with Crippen LogP contribution in [0.15, 0.2) is 30.3 Å². The Morgan fingerprint density at radius 3 is 2.62 bits per heavy atom. The van der Waals surface area contributed by atoms with Gasteiger partial charge >= 0.3 is 5.97 Å². The van der Waals surface area contributed by atoms with Gasteiger partial charge in [-0.2, -0.15) is 0 Å². The van der Waals surface area contributed by atoms with E-state index in [1.54, 1.807) is 6.07 Å². The number of hydrogen-bond acceptors (Lipinski definition) is 2. The van der Waals surface area contributed by atoms with Gasteiger partial charge in [-0.1, -0.05) is 50.8 Å². The number of benzene rings is 2. The van der Waals surface area contributed by atoms with Gasteiger partial charge in [-0.15, -0.1) is 0 Å². The van der Waals surface area contributed by atoms with E-state index < -0.39 is 11.8 Å². The molecule has 0 aliphatic heterocycles. The van der Waals surface area contributed by atoms with Crippen LogP contribution in [0.25, 0.3) is 10.8 Å². The first-order chi connectivity index (χ1) is 14.1. The zero-order valence-corrected chi connectivity index (χ0v) is 17.8. The van der Waals surface area contributed by atoms with Crippen LogP contribution in [0.4, 0.5) is 4.39 Å². The molecule has 0 saturated heterocycles. The molecule has 156 valence electrons. The van der Waals surface area contributed by atoms with E-state index in [4.69, 9.17) is 0 Å². The minimum Gasteiger partial charge on any atom is -0.465 e. The second-order valence-electron chi connectivity index (χ2n) is 9.28. The molecule has 2 aromatic rings. The largest absolute Gasteiger partial charge is 0.465 e. The number of unbranched alkanes of at least 4 members (excludes halogenated alkanes) is 1. The van der Waals surface area contributed by atoms with Crippen molar-refractivity contribution in [3.05, 3.63) is 47.3 Å². The molecule has 0 aromatic heterocycles. The Kier molecular flexibility index (Phi) is 6.22. The molecule has 2 aliphatic rings. The standard InChI is InChI=1S/C26H33FO2/c1-3-4-5-17-6-7-19-13-20(9-8-18(19)12-17)21-10-11-22-15-24(26(28)29-2)25(27)16-23(22)14-21/h10-11,14-20H,3-9,12-13H2,1-2H3. The Balaban J connectivity index is 1.47. The number of carbonyl (C=O) groups is 1. The zero-order valence-electron chi connectivity index (χ0n) is 17.8. The molecule has 0 amide bonds. The average Bonchev–Trinajstić information content (AvgIpc) is 2.75. The van der Waals surface area contributed by atoms with Crippen molar-refractivity contribution in [2.24, 2.45) is 17.8 Å². The maximum absolute atomic E-state index is 14.4. The van der Waals surface area contributed by atoms with E-state index in [0.717, 1.165) is 28.5 Å². The van der Waals surface area contributed by atoms with Crippen LogP contribution in [-0.2, 0) is 4.74 Å². The quantitative estimate of drug-likeness (QED) is 0.497. The van der Waals surface area contributed by atoms with Crippen LogP contribution in [0.2, 0.25) is 0 Å². The third-order valence-corrected chi connectivity index (χ3v) is 7.51. The van der Waals surface area contributed by atoms with Gasteiger partial charge in [0.05, 0.1) is 12.7 Å². The fourth-order valence-corrected chi connectivity index (χ4v) is 5.85. The molecule has 3 heteroatoms. The summed E-state index contributed by atoms with van der Waals surface area (Å²) in [4.78, 5) is 11.7. The molecule has 0 heterocycles. The lowest BCUT2D eigenvalue weighted by Gasteiger charge is -2.42. The van der Waals surface area contributed by atoms with Gasteiger partial charge in [-0.3, -0.25) is 0 Å². The minimum absolute atomic E-state index is 0.00749. The summed E-state index contributed by atoms with van der Waals surface area (Å²) in [6, 6.07) is 9.44. The number of carbonyl (C=O) groups excluding carboxylic acids is 1. The summed E-state index contributed by atoms with van der Waals surface area (Å²) in [7, 11) is 1.28. The predicted octanol–water partition coefficient (Wildman–Crippen LogP) is 7.26. The molecular formula is C26H33FO2. The number of methoxy groups -OCH3 is 1. The molecule has 0 radical (unpaired) electrons. The molecule has 2 aromatic carbocycles. The predicted molar refractivity (Wildman–Crippen MR) is 116 cm³/mol. The van der Waals surface area contributed by atoms with Crippen molar-refractivity contribution in [3.63, 3.8) is 0 Å². The molecule has 2 aliphatic carbocycles. The molecule has 4 unspecified atom stereocenters. The highest BCUT2D eigenvalue weighted by Gasteiger charge is 2.35. The Labute approximate surface area is 173 Å². The van der Waals surface area contributed by atoms with Crippen LogP contribution in [0.5, 0.6) is 0 Å². The minimum atomic E-state index is -0.624. The van der Waals surface area contributed by atoms with E-state index in [2.05, 4.69) is 23.8 Å². The Bertz CT molecular complexity index is 874. The van der Waals surface area contributed by atoms with Crippen molar-refractivity contribution < 1.29 is 13.9 Å². The first kappa shape index (κ1) is 20.4. The lowest BCUT2D eigenvalue weighted by molar-refractivity contribution is 0.0595. The highest BCUT2D eigenvalue weighted by Crippen LogP contribution is 2.48. The summed E-state index contributed by atoms with van der Waals surface area (Å²) in [6.07, 6.45) is 12.2. The highest BCUT2D eigenvalue weighted by molar-refractivity contribution is 5.95. The molecule has 0 N–H and O–H groups in total. The zero-order chi connectivity index (χ0) is 20.4. The molecule has 4 atom stereocenters. The van der Waals surface area contributed by atoms with E-state index in [9.17, 15) is 9.18 Å². The number of rotatable bonds is 5. The van der Waals surface area contributed by atoms with Crippen molar-refractivity contribution in [2.45, 2.75) is 70.6 Å². The molecule has 2 fully saturated rings. The van der Waals surface area contributed by atoms with Gasteiger partial charge in [0, 0.05) is 0 Å². The van der Waals surface area contributed by atoms with Gasteiger partial charge in [0.2, 0.25) is 0 Å². The van der Waals surface area contributed by atoms with Crippen LogP contribution in [-0.4, -0.2) is 13.1 Å². The van der Waals surface area contributed by atoms with E-state index in [1.165, 1.54) is 76.5 Å². The Morgan fingerprint density at radius 2 is 1.83 bits per heavy atom. The third kappa shape index (κ3) is 4.34. The van der Waals surface area contributed by atoms with Crippen molar-refractivity contribution in [1.29, 1.82) is 0 Å². The van der Waals surface area contributed by atoms with E-state index in [-0.39, 0.29) is 5.56 Å². The average molecular weight is 397 g/mol. The van der Waals surface area contributed by atoms with Gasteiger partial charge in [0.15, 0.2) is 0 Å². The van der Waals surface area contributed by atoms with Gasteiger partial charge in [-0.05, 0) is 84.2 Å². The van der Waals surface area contributed by atoms with Crippen LogP contribution < -0.4 is 0 Å². The summed E-state index contributed by atoms with van der Waals surface area (Å²) in [5, 5.41) is 1.76. The summed E-state index contributed by atoms with van der Waals surface area (Å²) in [5.74, 6) is 2.19. The molecule has 2 nitrogen and oxygen atoms in total. The molecular weight excluding hydrogens is 363 g/mol. The van der Waals surface area contributed by atoms with Crippen LogP contribution in [0, 0.1) is 23.6 Å². The summed E-state index contributed by atoms with van der Waals surface area (Å²) in [5.41, 5.74) is 1.34. The molecule has 4 rings (SSSR count). The maximum atomic E-state index is 14.4. The van der Waals surface area contributed by atoms with E-state index in [1.807, 2.05) is 6.07 Å². The second-order valence-corrected chi connectivity index (χ2v) is 9.28. The number of ether oxygens (including phenoxy) is 1. The number of hydrogen-bond donors (Lipinski definition) is 0. The van der Waals surface area contributed by atoms with Crippen molar-refractivity contribution in [2.75, 3.05) is 7.11 Å². The van der Waals surface area contributed by atoms with E-state index >= 15 is 0 Å². The number of esters is 1. The maximum Gasteiger partial charge on any atom is 0.340 e. The van der Waals surface area contributed by atoms with Crippen molar-refractivity contribution in [1.82, 2.24) is 0 Å². The first-order valence-corrected chi connectivity index (χ1v) is 11.4. The fourth-order valence-electron chi connectivity index (χ4n) is 5.85. The van der Waals surface area contributed by atoms with Crippen molar-refractivity contribution in [3.8, 4) is 0 Å². The Morgan fingerprint density at radius 1 is 1.03 bits per heavy atom. The molecule has 0 spiro atoms. The van der Waals surface area contributed by atoms with Gasteiger partial charge in [-0.25, -0.2) is 9.18 Å². The summed E-state index contributed by atoms with van der Waals surface area (Å²) < 4.78 is 19.1. The SMILES string of the molecule is CCCCC1CCC2CC(c3ccc4cc(C(=O)OC)c(F)cc4c3)CCC2C1. The van der Waals surface area contributed by atoms with Crippen molar-refractivity contribution >= 4 is 16.7 Å². The smallest absolute Gasteiger partial charge is 0.340 e. The number of halogens is 1.